The molecule has 1 fully saturated rings. The fourth-order valence-electron chi connectivity index (χ4n) is 4.00. The van der Waals surface area contributed by atoms with Crippen LogP contribution in [0.2, 0.25) is 0 Å². The van der Waals surface area contributed by atoms with Gasteiger partial charge in [0, 0.05) is 32.0 Å². The molecule has 1 N–H and O–H groups in total. The van der Waals surface area contributed by atoms with Crippen LogP contribution in [0.3, 0.4) is 0 Å². The van der Waals surface area contributed by atoms with Crippen molar-refractivity contribution in [2.45, 2.75) is 19.3 Å². The van der Waals surface area contributed by atoms with Crippen molar-refractivity contribution in [3.05, 3.63) is 101 Å². The summed E-state index contributed by atoms with van der Waals surface area (Å²) in [7, 11) is 0. The molecule has 33 heavy (non-hydrogen) atoms. The summed E-state index contributed by atoms with van der Waals surface area (Å²) in [6, 6.07) is 21.2. The highest BCUT2D eigenvalue weighted by molar-refractivity contribution is 7.11. The zero-order chi connectivity index (χ0) is 22.6. The average molecular weight is 461 g/mol. The van der Waals surface area contributed by atoms with Gasteiger partial charge in [-0.1, -0.05) is 24.3 Å². The molecule has 6 nitrogen and oxygen atoms in total. The van der Waals surface area contributed by atoms with Crippen molar-refractivity contribution in [2.24, 2.45) is 0 Å². The first-order chi connectivity index (χ1) is 16.2. The van der Waals surface area contributed by atoms with E-state index in [9.17, 15) is 9.90 Å². The van der Waals surface area contributed by atoms with Crippen molar-refractivity contribution in [2.75, 3.05) is 13.1 Å². The summed E-state index contributed by atoms with van der Waals surface area (Å²) in [5, 5.41) is 12.6. The lowest BCUT2D eigenvalue weighted by atomic mass is 10.0. The summed E-state index contributed by atoms with van der Waals surface area (Å²) in [5.74, 6) is -0.0740. The molecule has 3 heterocycles. The molecule has 1 aliphatic rings. The Morgan fingerprint density at radius 3 is 2.48 bits per heavy atom. The Morgan fingerprint density at radius 2 is 1.79 bits per heavy atom. The van der Waals surface area contributed by atoms with Crippen LogP contribution in [0.15, 0.2) is 84.5 Å². The maximum Gasteiger partial charge on any atom is 0.337 e. The van der Waals surface area contributed by atoms with Gasteiger partial charge in [0.25, 0.3) is 0 Å². The van der Waals surface area contributed by atoms with E-state index in [0.29, 0.717) is 18.7 Å². The second kappa shape index (κ2) is 9.52. The van der Waals surface area contributed by atoms with Crippen molar-refractivity contribution in [1.82, 2.24) is 9.47 Å². The number of hydrogen-bond donors (Lipinski definition) is 1. The number of carbonyl (C=O) groups is 1. The minimum Gasteiger partial charge on any atom is -0.488 e. The van der Waals surface area contributed by atoms with Crippen LogP contribution in [0.4, 0.5) is 0 Å². The average Bonchev–Trinajstić information content (AvgIpc) is 3.51. The summed E-state index contributed by atoms with van der Waals surface area (Å²) >= 11 is 1.59. The number of carboxylic acid groups (broad SMARTS) is 1. The van der Waals surface area contributed by atoms with Gasteiger partial charge in [-0.3, -0.25) is 4.90 Å². The maximum absolute atomic E-state index is 11.8. The lowest BCUT2D eigenvalue weighted by Gasteiger charge is -2.39. The molecule has 0 atom stereocenters. The van der Waals surface area contributed by atoms with E-state index in [1.54, 1.807) is 17.4 Å². The number of benzene rings is 2. The molecular formula is C26H24N2O4S. The van der Waals surface area contributed by atoms with E-state index in [2.05, 4.69) is 4.90 Å². The summed E-state index contributed by atoms with van der Waals surface area (Å²) in [4.78, 5) is 14.0. The Kier molecular flexibility index (Phi) is 6.15. The Bertz CT molecular complexity index is 1200. The first kappa shape index (κ1) is 21.3. The number of para-hydroxylation sites is 1. The number of rotatable bonds is 9. The largest absolute Gasteiger partial charge is 0.488 e. The van der Waals surface area contributed by atoms with Crippen LogP contribution in [-0.2, 0) is 13.2 Å². The van der Waals surface area contributed by atoms with E-state index >= 15 is 0 Å². The molecule has 2 aromatic carbocycles. The van der Waals surface area contributed by atoms with Gasteiger partial charge in [0.2, 0.25) is 0 Å². The number of nitrogens with zero attached hydrogens (tertiary/aromatic N) is 2. The van der Waals surface area contributed by atoms with Crippen LogP contribution in [-0.4, -0.2) is 39.7 Å². The van der Waals surface area contributed by atoms with Gasteiger partial charge >= 0.3 is 5.97 Å². The smallest absolute Gasteiger partial charge is 0.337 e. The quantitative estimate of drug-likeness (QED) is 0.377. The molecule has 0 aliphatic carbocycles. The van der Waals surface area contributed by atoms with Crippen molar-refractivity contribution < 1.29 is 19.4 Å². The Morgan fingerprint density at radius 1 is 1.00 bits per heavy atom. The predicted octanol–water partition coefficient (Wildman–Crippen LogP) is 5.08. The fourth-order valence-corrected chi connectivity index (χ4v) is 4.58. The molecular weight excluding hydrogens is 436 g/mol. The van der Waals surface area contributed by atoms with E-state index in [1.807, 2.05) is 83.0 Å². The van der Waals surface area contributed by atoms with E-state index in [1.165, 1.54) is 0 Å². The molecule has 0 amide bonds. The highest BCUT2D eigenvalue weighted by atomic mass is 32.1. The van der Waals surface area contributed by atoms with E-state index in [-0.39, 0.29) is 6.10 Å². The first-order valence-corrected chi connectivity index (χ1v) is 11.7. The minimum atomic E-state index is -0.922. The monoisotopic (exact) mass is 460 g/mol. The molecule has 168 valence electrons. The molecule has 0 unspecified atom stereocenters. The summed E-state index contributed by atoms with van der Waals surface area (Å²) in [6.07, 6.45) is 3.88. The topological polar surface area (TPSA) is 63.9 Å². The highest BCUT2D eigenvalue weighted by Crippen LogP contribution is 2.26. The normalized spacial score (nSPS) is 14.1. The molecule has 0 bridgehead atoms. The van der Waals surface area contributed by atoms with Crippen molar-refractivity contribution in [3.8, 4) is 16.5 Å². The van der Waals surface area contributed by atoms with Crippen LogP contribution in [0.25, 0.3) is 5.69 Å². The van der Waals surface area contributed by atoms with Crippen molar-refractivity contribution in [1.29, 1.82) is 0 Å². The second-order valence-corrected chi connectivity index (χ2v) is 8.92. The molecule has 0 radical (unpaired) electrons. The molecule has 0 saturated carbocycles. The Hall–Kier alpha value is -3.55. The van der Waals surface area contributed by atoms with E-state index in [4.69, 9.17) is 9.47 Å². The van der Waals surface area contributed by atoms with Crippen molar-refractivity contribution >= 4 is 17.3 Å². The van der Waals surface area contributed by atoms with Crippen LogP contribution in [0, 0.1) is 0 Å². The highest BCUT2D eigenvalue weighted by Gasteiger charge is 2.29. The summed E-state index contributed by atoms with van der Waals surface area (Å²) in [6.45, 7) is 2.81. The number of thiophene rings is 1. The predicted molar refractivity (Wildman–Crippen MR) is 128 cm³/mol. The number of aromatic nitrogens is 1. The van der Waals surface area contributed by atoms with E-state index < -0.39 is 5.97 Å². The van der Waals surface area contributed by atoms with Crippen LogP contribution in [0.5, 0.6) is 10.8 Å². The molecule has 1 aliphatic heterocycles. The molecule has 1 saturated heterocycles. The van der Waals surface area contributed by atoms with Gasteiger partial charge in [-0.2, -0.15) is 0 Å². The summed E-state index contributed by atoms with van der Waals surface area (Å²) in [5.41, 5.74) is 3.11. The number of ether oxygens (including phenoxy) is 2. The Balaban J connectivity index is 1.16. The first-order valence-electron chi connectivity index (χ1n) is 10.8. The number of hydrogen-bond acceptors (Lipinski definition) is 5. The van der Waals surface area contributed by atoms with Gasteiger partial charge in [-0.25, -0.2) is 4.79 Å². The third-order valence-electron chi connectivity index (χ3n) is 5.63. The maximum atomic E-state index is 11.8. The zero-order valence-electron chi connectivity index (χ0n) is 18.0. The lowest BCUT2D eigenvalue weighted by molar-refractivity contribution is 0.0145. The number of carboxylic acids is 1. The fraction of sp³-hybridized carbons (Fsp3) is 0.192. The van der Waals surface area contributed by atoms with Gasteiger partial charge in [0.1, 0.15) is 18.5 Å². The molecule has 2 aromatic heterocycles. The van der Waals surface area contributed by atoms with Crippen LogP contribution in [0.1, 0.15) is 21.5 Å². The standard InChI is InChI=1S/C26H24N2O4S/c29-26(30)23-6-3-5-20(25(23)28-12-1-2-13-28)15-27-16-22(17-27)32-21-10-8-19(9-11-21)18-31-24-7-4-14-33-24/h1-14,22H,15-18H2,(H,29,30). The Labute approximate surface area is 196 Å². The van der Waals surface area contributed by atoms with Crippen LogP contribution < -0.4 is 9.47 Å². The molecule has 7 heteroatoms. The van der Waals surface area contributed by atoms with Crippen LogP contribution >= 0.6 is 11.3 Å². The second-order valence-electron chi connectivity index (χ2n) is 8.01. The number of likely N-dealkylation sites (tertiary alicyclic amines) is 1. The third kappa shape index (κ3) is 4.94. The van der Waals surface area contributed by atoms with Crippen molar-refractivity contribution in [3.63, 3.8) is 0 Å². The zero-order valence-corrected chi connectivity index (χ0v) is 18.8. The summed E-state index contributed by atoms with van der Waals surface area (Å²) < 4.78 is 13.7. The molecule has 0 spiro atoms. The molecule has 4 aromatic rings. The van der Waals surface area contributed by atoms with E-state index in [0.717, 1.165) is 40.7 Å². The van der Waals surface area contributed by atoms with Gasteiger partial charge in [0.15, 0.2) is 5.06 Å². The minimum absolute atomic E-state index is 0.121. The van der Waals surface area contributed by atoms with Gasteiger partial charge in [0.05, 0.1) is 11.3 Å². The number of aromatic carboxylic acids is 1. The van der Waals surface area contributed by atoms with Gasteiger partial charge in [-0.05, 0) is 59.0 Å². The third-order valence-corrected chi connectivity index (χ3v) is 6.41. The lowest BCUT2D eigenvalue weighted by Crippen LogP contribution is -2.53. The van der Waals surface area contributed by atoms with Gasteiger partial charge in [-0.15, -0.1) is 11.3 Å². The molecule has 5 rings (SSSR count). The van der Waals surface area contributed by atoms with Gasteiger partial charge < -0.3 is 19.1 Å². The SMILES string of the molecule is O=C(O)c1cccc(CN2CC(Oc3ccc(COc4cccs4)cc3)C2)c1-n1cccc1.